The van der Waals surface area contributed by atoms with Gasteiger partial charge in [0, 0.05) is 19.4 Å². The molecule has 0 aliphatic rings. The minimum absolute atomic E-state index is 0.0330. The van der Waals surface area contributed by atoms with Crippen LogP contribution >= 0.6 is 0 Å². The van der Waals surface area contributed by atoms with Crippen molar-refractivity contribution in [2.24, 2.45) is 17.6 Å². The predicted molar refractivity (Wildman–Crippen MR) is 67.6 cm³/mol. The smallest absolute Gasteiger partial charge is 0.228 e. The molecule has 1 heterocycles. The SMILES string of the molecule is CC(C)C[C@H](CN)CC(=O)NCCc1ncno1. The van der Waals surface area contributed by atoms with Crippen molar-refractivity contribution in [3.8, 4) is 0 Å². The van der Waals surface area contributed by atoms with Crippen LogP contribution in [0, 0.1) is 11.8 Å². The molecule has 1 amide bonds. The van der Waals surface area contributed by atoms with E-state index in [1.165, 1.54) is 6.33 Å². The van der Waals surface area contributed by atoms with Gasteiger partial charge in [0.25, 0.3) is 0 Å². The van der Waals surface area contributed by atoms with E-state index in [2.05, 4.69) is 29.3 Å². The van der Waals surface area contributed by atoms with Gasteiger partial charge in [0.2, 0.25) is 11.8 Å². The Kier molecular flexibility index (Phi) is 6.35. The molecule has 0 spiro atoms. The topological polar surface area (TPSA) is 94.0 Å². The first-order valence-electron chi connectivity index (χ1n) is 6.34. The van der Waals surface area contributed by atoms with E-state index in [9.17, 15) is 4.79 Å². The van der Waals surface area contributed by atoms with Crippen molar-refractivity contribution < 1.29 is 9.32 Å². The summed E-state index contributed by atoms with van der Waals surface area (Å²) in [7, 11) is 0. The number of nitrogens with zero attached hydrogens (tertiary/aromatic N) is 2. The number of rotatable bonds is 8. The molecule has 102 valence electrons. The van der Waals surface area contributed by atoms with Crippen molar-refractivity contribution in [3.63, 3.8) is 0 Å². The van der Waals surface area contributed by atoms with Gasteiger partial charge >= 0.3 is 0 Å². The summed E-state index contributed by atoms with van der Waals surface area (Å²) in [5.41, 5.74) is 5.66. The third kappa shape index (κ3) is 5.77. The first-order chi connectivity index (χ1) is 8.61. The van der Waals surface area contributed by atoms with Gasteiger partial charge in [0.15, 0.2) is 6.33 Å². The summed E-state index contributed by atoms with van der Waals surface area (Å²) in [4.78, 5) is 15.6. The average molecular weight is 254 g/mol. The second-order valence-corrected chi connectivity index (χ2v) is 4.87. The van der Waals surface area contributed by atoms with Gasteiger partial charge in [0.1, 0.15) is 0 Å². The molecule has 0 aromatic carbocycles. The molecule has 6 heteroatoms. The molecule has 1 atom stereocenters. The van der Waals surface area contributed by atoms with Crippen molar-refractivity contribution in [1.82, 2.24) is 15.5 Å². The van der Waals surface area contributed by atoms with E-state index in [1.54, 1.807) is 0 Å². The quantitative estimate of drug-likeness (QED) is 0.713. The zero-order valence-corrected chi connectivity index (χ0v) is 11.1. The van der Waals surface area contributed by atoms with Crippen LogP contribution in [0.4, 0.5) is 0 Å². The molecule has 0 saturated heterocycles. The van der Waals surface area contributed by atoms with Crippen LogP contribution in [0.2, 0.25) is 0 Å². The van der Waals surface area contributed by atoms with Crippen LogP contribution in [-0.4, -0.2) is 29.1 Å². The number of nitrogens with two attached hydrogens (primary N) is 1. The first-order valence-corrected chi connectivity index (χ1v) is 6.34. The third-order valence-corrected chi connectivity index (χ3v) is 2.68. The Balaban J connectivity index is 2.19. The maximum absolute atomic E-state index is 11.7. The lowest BCUT2D eigenvalue weighted by Crippen LogP contribution is -2.30. The molecule has 0 aliphatic carbocycles. The van der Waals surface area contributed by atoms with E-state index in [1.807, 2.05) is 0 Å². The van der Waals surface area contributed by atoms with Gasteiger partial charge in [0.05, 0.1) is 0 Å². The zero-order chi connectivity index (χ0) is 13.4. The molecule has 1 rings (SSSR count). The summed E-state index contributed by atoms with van der Waals surface area (Å²) in [6, 6.07) is 0. The van der Waals surface area contributed by atoms with Crippen molar-refractivity contribution in [2.75, 3.05) is 13.1 Å². The van der Waals surface area contributed by atoms with E-state index < -0.39 is 0 Å². The Labute approximate surface area is 107 Å². The van der Waals surface area contributed by atoms with Crippen molar-refractivity contribution in [2.45, 2.75) is 33.1 Å². The Bertz CT molecular complexity index is 338. The fraction of sp³-hybridized carbons (Fsp3) is 0.750. The highest BCUT2D eigenvalue weighted by atomic mass is 16.5. The molecule has 0 bridgehead atoms. The monoisotopic (exact) mass is 254 g/mol. The predicted octanol–water partition coefficient (Wildman–Crippen LogP) is 0.739. The van der Waals surface area contributed by atoms with Gasteiger partial charge in [-0.25, -0.2) is 0 Å². The Hall–Kier alpha value is -1.43. The van der Waals surface area contributed by atoms with Crippen LogP contribution in [0.3, 0.4) is 0 Å². The minimum Gasteiger partial charge on any atom is -0.356 e. The normalized spacial score (nSPS) is 12.7. The number of nitrogens with one attached hydrogen (secondary N) is 1. The molecule has 18 heavy (non-hydrogen) atoms. The Morgan fingerprint density at radius 2 is 2.33 bits per heavy atom. The van der Waals surface area contributed by atoms with Crippen LogP contribution in [0.15, 0.2) is 10.9 Å². The zero-order valence-electron chi connectivity index (χ0n) is 11.1. The summed E-state index contributed by atoms with van der Waals surface area (Å²) < 4.78 is 4.84. The second-order valence-electron chi connectivity index (χ2n) is 4.87. The molecule has 1 aromatic rings. The maximum atomic E-state index is 11.7. The number of amides is 1. The standard InChI is InChI=1S/C12H22N4O2/c1-9(2)5-10(7-13)6-11(17)14-4-3-12-15-8-16-18-12/h8-10H,3-7,13H2,1-2H3,(H,14,17)/t10-/m0/s1. The second kappa shape index (κ2) is 7.81. The summed E-state index contributed by atoms with van der Waals surface area (Å²) >= 11 is 0. The number of hydrogen-bond acceptors (Lipinski definition) is 5. The van der Waals surface area contributed by atoms with Crippen molar-refractivity contribution >= 4 is 5.91 Å². The Morgan fingerprint density at radius 3 is 2.89 bits per heavy atom. The maximum Gasteiger partial charge on any atom is 0.228 e. The Morgan fingerprint density at radius 1 is 1.56 bits per heavy atom. The fourth-order valence-electron chi connectivity index (χ4n) is 1.88. The molecule has 0 saturated carbocycles. The van der Waals surface area contributed by atoms with E-state index in [0.29, 0.717) is 37.7 Å². The van der Waals surface area contributed by atoms with Gasteiger partial charge < -0.3 is 15.6 Å². The molecule has 0 aliphatic heterocycles. The lowest BCUT2D eigenvalue weighted by atomic mass is 9.94. The van der Waals surface area contributed by atoms with Gasteiger partial charge in [-0.05, 0) is 24.8 Å². The van der Waals surface area contributed by atoms with E-state index in [4.69, 9.17) is 10.3 Å². The summed E-state index contributed by atoms with van der Waals surface area (Å²) in [6.07, 6.45) is 3.37. The van der Waals surface area contributed by atoms with Gasteiger partial charge in [-0.2, -0.15) is 4.98 Å². The molecule has 0 radical (unpaired) electrons. The van der Waals surface area contributed by atoms with Crippen LogP contribution in [0.25, 0.3) is 0 Å². The molecule has 0 unspecified atom stereocenters. The van der Waals surface area contributed by atoms with E-state index in [-0.39, 0.29) is 11.8 Å². The molecule has 0 fully saturated rings. The minimum atomic E-state index is 0.0330. The fourth-order valence-corrected chi connectivity index (χ4v) is 1.88. The van der Waals surface area contributed by atoms with Crippen molar-refractivity contribution in [3.05, 3.63) is 12.2 Å². The van der Waals surface area contributed by atoms with Crippen LogP contribution in [-0.2, 0) is 11.2 Å². The van der Waals surface area contributed by atoms with Gasteiger partial charge in [-0.15, -0.1) is 0 Å². The molecule has 6 nitrogen and oxygen atoms in total. The summed E-state index contributed by atoms with van der Waals surface area (Å²) in [6.45, 7) is 5.33. The lowest BCUT2D eigenvalue weighted by Gasteiger charge is -2.16. The van der Waals surface area contributed by atoms with Gasteiger partial charge in [-0.3, -0.25) is 4.79 Å². The van der Waals surface area contributed by atoms with E-state index >= 15 is 0 Å². The lowest BCUT2D eigenvalue weighted by molar-refractivity contribution is -0.122. The highest BCUT2D eigenvalue weighted by molar-refractivity contribution is 5.76. The molecule has 3 N–H and O–H groups in total. The van der Waals surface area contributed by atoms with Gasteiger partial charge in [-0.1, -0.05) is 19.0 Å². The highest BCUT2D eigenvalue weighted by Gasteiger charge is 2.13. The molecular formula is C12H22N4O2. The van der Waals surface area contributed by atoms with Crippen LogP contribution in [0.1, 0.15) is 32.6 Å². The number of carbonyl (C=O) groups is 1. The van der Waals surface area contributed by atoms with Crippen molar-refractivity contribution in [1.29, 1.82) is 0 Å². The summed E-state index contributed by atoms with van der Waals surface area (Å²) in [5.74, 6) is 1.39. The van der Waals surface area contributed by atoms with Crippen LogP contribution < -0.4 is 11.1 Å². The third-order valence-electron chi connectivity index (χ3n) is 2.68. The number of carbonyl (C=O) groups excluding carboxylic acids is 1. The molecule has 1 aromatic heterocycles. The van der Waals surface area contributed by atoms with E-state index in [0.717, 1.165) is 6.42 Å². The van der Waals surface area contributed by atoms with Crippen LogP contribution in [0.5, 0.6) is 0 Å². The average Bonchev–Trinajstić information content (AvgIpc) is 2.80. The first kappa shape index (κ1) is 14.6. The number of aromatic nitrogens is 2. The number of hydrogen-bond donors (Lipinski definition) is 2. The summed E-state index contributed by atoms with van der Waals surface area (Å²) in [5, 5.41) is 6.34. The highest BCUT2D eigenvalue weighted by Crippen LogP contribution is 2.13. The largest absolute Gasteiger partial charge is 0.356 e. The molecular weight excluding hydrogens is 232 g/mol.